The topological polar surface area (TPSA) is 75.7 Å². The molecule has 1 aromatic carbocycles. The zero-order valence-electron chi connectivity index (χ0n) is 10.6. The summed E-state index contributed by atoms with van der Waals surface area (Å²) in [5.41, 5.74) is 0.587. The highest BCUT2D eigenvalue weighted by Gasteiger charge is 2.17. The van der Waals surface area contributed by atoms with Crippen LogP contribution in [0.1, 0.15) is 5.56 Å². The molecule has 0 unspecified atom stereocenters. The molecule has 2 amide bonds. The Hall–Kier alpha value is -2.63. The molecule has 1 rings (SSSR count). The molecule has 0 radical (unpaired) electrons. The molecule has 1 aromatic rings. The second-order valence-electron chi connectivity index (χ2n) is 3.56. The first kappa shape index (κ1) is 14.4. The van der Waals surface area contributed by atoms with E-state index in [1.54, 1.807) is 24.3 Å². The van der Waals surface area contributed by atoms with E-state index in [4.69, 9.17) is 0 Å². The van der Waals surface area contributed by atoms with Gasteiger partial charge >= 0.3 is 6.09 Å². The van der Waals surface area contributed by atoms with E-state index in [2.05, 4.69) is 10.2 Å². The Morgan fingerprint density at radius 2 is 1.89 bits per heavy atom. The van der Waals surface area contributed by atoms with E-state index in [9.17, 15) is 14.4 Å². The molecule has 0 spiro atoms. The van der Waals surface area contributed by atoms with Crippen LogP contribution < -0.4 is 5.32 Å². The molecule has 0 fully saturated rings. The van der Waals surface area contributed by atoms with Gasteiger partial charge in [-0.1, -0.05) is 30.3 Å². The largest absolute Gasteiger partial charge is 0.431 e. The Labute approximate surface area is 110 Å². The van der Waals surface area contributed by atoms with Crippen LogP contribution >= 0.6 is 0 Å². The van der Waals surface area contributed by atoms with Crippen LogP contribution in [0.25, 0.3) is 6.08 Å². The number of nitrogens with one attached hydrogen (secondary N) is 1. The Balaban J connectivity index is 2.85. The summed E-state index contributed by atoms with van der Waals surface area (Å²) in [7, 11) is 2.61. The second-order valence-corrected chi connectivity index (χ2v) is 3.56. The molecule has 0 bridgehead atoms. The fourth-order valence-electron chi connectivity index (χ4n) is 1.27. The van der Waals surface area contributed by atoms with Crippen molar-refractivity contribution in [3.05, 3.63) is 41.5 Å². The number of amides is 2. The molecule has 0 aromatic heterocycles. The summed E-state index contributed by atoms with van der Waals surface area (Å²) >= 11 is 0. The molecule has 0 saturated heterocycles. The number of likely N-dealkylation sites (N-methyl/N-ethyl adjacent to an activating group) is 1. The molecule has 6 heteroatoms. The van der Waals surface area contributed by atoms with Crippen molar-refractivity contribution in [1.29, 1.82) is 0 Å². The number of carbonyl (C=O) groups is 3. The smallest absolute Gasteiger partial charge is 0.323 e. The number of aldehydes is 1. The van der Waals surface area contributed by atoms with E-state index in [0.717, 1.165) is 0 Å². The maximum absolute atomic E-state index is 11.9. The summed E-state index contributed by atoms with van der Waals surface area (Å²) in [4.78, 5) is 38.4. The summed E-state index contributed by atoms with van der Waals surface area (Å²) in [5.74, 6) is -0.706. The lowest BCUT2D eigenvalue weighted by molar-refractivity contribution is -0.155. The van der Waals surface area contributed by atoms with Gasteiger partial charge in [-0.15, -0.1) is 0 Å². The Morgan fingerprint density at radius 1 is 1.26 bits per heavy atom. The van der Waals surface area contributed by atoms with Crippen LogP contribution in [0.2, 0.25) is 0 Å². The van der Waals surface area contributed by atoms with E-state index in [-0.39, 0.29) is 5.57 Å². The van der Waals surface area contributed by atoms with Crippen LogP contribution in [0, 0.1) is 0 Å². The normalized spacial score (nSPS) is 10.5. The third kappa shape index (κ3) is 4.27. The molecule has 0 heterocycles. The number of hydrogen-bond acceptors (Lipinski definition) is 4. The fourth-order valence-corrected chi connectivity index (χ4v) is 1.27. The number of nitrogens with zero attached hydrogens (tertiary/aromatic N) is 1. The summed E-state index contributed by atoms with van der Waals surface area (Å²) in [6, 6.07) is 8.88. The number of hydroxylamine groups is 2. The van der Waals surface area contributed by atoms with Crippen molar-refractivity contribution in [2.75, 3.05) is 14.1 Å². The van der Waals surface area contributed by atoms with Crippen molar-refractivity contribution in [2.45, 2.75) is 0 Å². The lowest BCUT2D eigenvalue weighted by Gasteiger charge is -2.15. The average molecular weight is 262 g/mol. The fraction of sp³-hybridized carbons (Fsp3) is 0.154. The quantitative estimate of drug-likeness (QED) is 0.290. The maximum Gasteiger partial charge on any atom is 0.431 e. The predicted octanol–water partition coefficient (Wildman–Crippen LogP) is 0.998. The van der Waals surface area contributed by atoms with Crippen molar-refractivity contribution in [3.8, 4) is 0 Å². The Kier molecular flexibility index (Phi) is 5.28. The van der Waals surface area contributed by atoms with Gasteiger partial charge in [-0.2, -0.15) is 5.06 Å². The Bertz CT molecular complexity index is 497. The number of benzene rings is 1. The monoisotopic (exact) mass is 262 g/mol. The molecule has 19 heavy (non-hydrogen) atoms. The SMILES string of the molecule is CNC(=O)ON(C)C(=O)C(C=O)=Cc1ccccc1. The van der Waals surface area contributed by atoms with Crippen LogP contribution in [0.4, 0.5) is 4.79 Å². The highest BCUT2D eigenvalue weighted by Crippen LogP contribution is 2.07. The lowest BCUT2D eigenvalue weighted by Crippen LogP contribution is -2.34. The summed E-state index contributed by atoms with van der Waals surface area (Å²) < 4.78 is 0. The van der Waals surface area contributed by atoms with Gasteiger partial charge < -0.3 is 10.2 Å². The van der Waals surface area contributed by atoms with E-state index in [1.807, 2.05) is 6.07 Å². The van der Waals surface area contributed by atoms with Crippen molar-refractivity contribution in [1.82, 2.24) is 10.4 Å². The van der Waals surface area contributed by atoms with E-state index < -0.39 is 12.0 Å². The van der Waals surface area contributed by atoms with Gasteiger partial charge in [-0.25, -0.2) is 4.79 Å². The van der Waals surface area contributed by atoms with Crippen molar-refractivity contribution in [2.24, 2.45) is 0 Å². The van der Waals surface area contributed by atoms with Crippen molar-refractivity contribution >= 4 is 24.4 Å². The van der Waals surface area contributed by atoms with Crippen LogP contribution in [-0.4, -0.2) is 37.4 Å². The number of rotatable bonds is 3. The molecule has 0 atom stereocenters. The molecular formula is C13H14N2O4. The summed E-state index contributed by atoms with van der Waals surface area (Å²) in [5, 5.41) is 2.89. The highest BCUT2D eigenvalue weighted by molar-refractivity contribution is 6.14. The number of carbonyl (C=O) groups excluding carboxylic acids is 3. The van der Waals surface area contributed by atoms with Crippen LogP contribution in [0.15, 0.2) is 35.9 Å². The van der Waals surface area contributed by atoms with Crippen LogP contribution in [0.5, 0.6) is 0 Å². The average Bonchev–Trinajstić information content (AvgIpc) is 2.44. The molecule has 0 aliphatic rings. The molecule has 0 aliphatic heterocycles. The van der Waals surface area contributed by atoms with Crippen LogP contribution in [-0.2, 0) is 14.4 Å². The zero-order chi connectivity index (χ0) is 14.3. The second kappa shape index (κ2) is 6.95. The first-order valence-electron chi connectivity index (χ1n) is 5.48. The van der Waals surface area contributed by atoms with E-state index >= 15 is 0 Å². The predicted molar refractivity (Wildman–Crippen MR) is 68.8 cm³/mol. The third-order valence-electron chi connectivity index (χ3n) is 2.21. The zero-order valence-corrected chi connectivity index (χ0v) is 10.6. The molecule has 1 N–H and O–H groups in total. The minimum atomic E-state index is -0.791. The van der Waals surface area contributed by atoms with E-state index in [1.165, 1.54) is 20.2 Å². The highest BCUT2D eigenvalue weighted by atomic mass is 16.7. The molecule has 0 saturated carbocycles. The van der Waals surface area contributed by atoms with Crippen LogP contribution in [0.3, 0.4) is 0 Å². The summed E-state index contributed by atoms with van der Waals surface area (Å²) in [6.07, 6.45) is 1.04. The molecule has 6 nitrogen and oxygen atoms in total. The standard InChI is InChI=1S/C13H14N2O4/c1-14-13(18)19-15(2)12(17)11(9-16)8-10-6-4-3-5-7-10/h3-9H,1-2H3,(H,14,18). The first-order valence-corrected chi connectivity index (χ1v) is 5.48. The molecular weight excluding hydrogens is 248 g/mol. The van der Waals surface area contributed by atoms with Gasteiger partial charge in [0.05, 0.1) is 5.57 Å². The third-order valence-corrected chi connectivity index (χ3v) is 2.21. The molecule has 100 valence electrons. The minimum Gasteiger partial charge on any atom is -0.323 e. The minimum absolute atomic E-state index is 0.113. The summed E-state index contributed by atoms with van der Waals surface area (Å²) in [6.45, 7) is 0. The van der Waals surface area contributed by atoms with Gasteiger partial charge in [0, 0.05) is 14.1 Å². The van der Waals surface area contributed by atoms with Gasteiger partial charge in [0.2, 0.25) is 0 Å². The van der Waals surface area contributed by atoms with Gasteiger partial charge in [-0.05, 0) is 11.6 Å². The van der Waals surface area contributed by atoms with Crippen molar-refractivity contribution in [3.63, 3.8) is 0 Å². The van der Waals surface area contributed by atoms with Crippen molar-refractivity contribution < 1.29 is 19.2 Å². The molecule has 0 aliphatic carbocycles. The van der Waals surface area contributed by atoms with Gasteiger partial charge in [0.15, 0.2) is 6.29 Å². The van der Waals surface area contributed by atoms with E-state index in [0.29, 0.717) is 16.9 Å². The van der Waals surface area contributed by atoms with Gasteiger partial charge in [0.1, 0.15) is 0 Å². The first-order chi connectivity index (χ1) is 9.08. The Morgan fingerprint density at radius 3 is 2.42 bits per heavy atom. The number of hydrogen-bond donors (Lipinski definition) is 1. The van der Waals surface area contributed by atoms with Gasteiger partial charge in [-0.3, -0.25) is 9.59 Å². The maximum atomic E-state index is 11.9. The van der Waals surface area contributed by atoms with Gasteiger partial charge in [0.25, 0.3) is 5.91 Å². The lowest BCUT2D eigenvalue weighted by atomic mass is 10.1.